The Morgan fingerprint density at radius 3 is 2.54 bits per heavy atom. The van der Waals surface area contributed by atoms with Gasteiger partial charge in [0.25, 0.3) is 0 Å². The van der Waals surface area contributed by atoms with Crippen LogP contribution in [0.2, 0.25) is 0 Å². The van der Waals surface area contributed by atoms with Crippen LogP contribution >= 0.6 is 0 Å². The van der Waals surface area contributed by atoms with Gasteiger partial charge in [-0.25, -0.2) is 4.39 Å². The summed E-state index contributed by atoms with van der Waals surface area (Å²) < 4.78 is 18.8. The first-order valence-corrected chi connectivity index (χ1v) is 8.08. The van der Waals surface area contributed by atoms with Crippen molar-refractivity contribution in [2.24, 2.45) is 0 Å². The maximum Gasteiger partial charge on any atom is 0.313 e. The number of benzene rings is 1. The SMILES string of the molecule is Cc1cc(NC(=O)C(=O)NCCN2C[C@@H](C)O[C@H](C)C2)ccc1F. The standard InChI is InChI=1S/C17H24FN3O3/c1-11-8-14(4-5-15(11)18)20-17(23)16(22)19-6-7-21-9-12(2)24-13(3)10-21/h4-5,8,12-13H,6-7,9-10H2,1-3H3,(H,19,22)(H,20,23)/t12-,13-/m1/s1. The summed E-state index contributed by atoms with van der Waals surface area (Å²) in [4.78, 5) is 25.9. The number of aryl methyl sites for hydroxylation is 1. The number of amides is 2. The molecule has 132 valence electrons. The molecule has 0 aliphatic carbocycles. The number of nitrogens with zero attached hydrogens (tertiary/aromatic N) is 1. The van der Waals surface area contributed by atoms with E-state index in [1.807, 2.05) is 13.8 Å². The average Bonchev–Trinajstić information content (AvgIpc) is 2.50. The lowest BCUT2D eigenvalue weighted by Gasteiger charge is -2.35. The third-order valence-corrected chi connectivity index (χ3v) is 3.83. The van der Waals surface area contributed by atoms with Crippen LogP contribution in [0, 0.1) is 12.7 Å². The van der Waals surface area contributed by atoms with E-state index in [0.717, 1.165) is 13.1 Å². The normalized spacial score (nSPS) is 21.3. The molecule has 1 aromatic carbocycles. The van der Waals surface area contributed by atoms with Gasteiger partial charge in [-0.1, -0.05) is 0 Å². The maximum absolute atomic E-state index is 13.2. The van der Waals surface area contributed by atoms with Crippen molar-refractivity contribution in [1.82, 2.24) is 10.2 Å². The Kier molecular flexibility index (Phi) is 6.28. The molecular formula is C17H24FN3O3. The fourth-order valence-electron chi connectivity index (χ4n) is 2.79. The zero-order valence-electron chi connectivity index (χ0n) is 14.3. The molecule has 1 fully saturated rings. The van der Waals surface area contributed by atoms with Crippen molar-refractivity contribution >= 4 is 17.5 Å². The van der Waals surface area contributed by atoms with Crippen molar-refractivity contribution < 1.29 is 18.7 Å². The topological polar surface area (TPSA) is 70.7 Å². The molecular weight excluding hydrogens is 313 g/mol. The molecule has 0 saturated carbocycles. The van der Waals surface area contributed by atoms with E-state index in [-0.39, 0.29) is 18.0 Å². The molecule has 24 heavy (non-hydrogen) atoms. The van der Waals surface area contributed by atoms with E-state index in [2.05, 4.69) is 15.5 Å². The molecule has 1 aliphatic heterocycles. The van der Waals surface area contributed by atoms with Crippen LogP contribution < -0.4 is 10.6 Å². The van der Waals surface area contributed by atoms with Crippen LogP contribution in [0.25, 0.3) is 0 Å². The Labute approximate surface area is 141 Å². The zero-order valence-corrected chi connectivity index (χ0v) is 14.3. The molecule has 7 heteroatoms. The van der Waals surface area contributed by atoms with Crippen molar-refractivity contribution in [3.05, 3.63) is 29.6 Å². The van der Waals surface area contributed by atoms with Gasteiger partial charge in [0.15, 0.2) is 0 Å². The molecule has 6 nitrogen and oxygen atoms in total. The fraction of sp³-hybridized carbons (Fsp3) is 0.529. The van der Waals surface area contributed by atoms with Gasteiger partial charge in [-0.3, -0.25) is 14.5 Å². The second kappa shape index (κ2) is 8.21. The van der Waals surface area contributed by atoms with Crippen LogP contribution in [-0.2, 0) is 14.3 Å². The van der Waals surface area contributed by atoms with Gasteiger partial charge in [0.05, 0.1) is 12.2 Å². The summed E-state index contributed by atoms with van der Waals surface area (Å²) in [5, 5.41) is 5.06. The van der Waals surface area contributed by atoms with E-state index in [1.165, 1.54) is 18.2 Å². The molecule has 0 bridgehead atoms. The second-order valence-corrected chi connectivity index (χ2v) is 6.19. The van der Waals surface area contributed by atoms with Gasteiger partial charge in [-0.2, -0.15) is 0 Å². The van der Waals surface area contributed by atoms with Gasteiger partial charge in [0, 0.05) is 31.9 Å². The molecule has 1 aliphatic rings. The highest BCUT2D eigenvalue weighted by molar-refractivity contribution is 6.39. The van der Waals surface area contributed by atoms with Crippen molar-refractivity contribution in [2.75, 3.05) is 31.5 Å². The summed E-state index contributed by atoms with van der Waals surface area (Å²) >= 11 is 0. The van der Waals surface area contributed by atoms with Crippen LogP contribution in [0.15, 0.2) is 18.2 Å². The minimum absolute atomic E-state index is 0.162. The number of morpholine rings is 1. The van der Waals surface area contributed by atoms with Crippen LogP contribution in [0.5, 0.6) is 0 Å². The number of anilines is 1. The first-order chi connectivity index (χ1) is 11.3. The number of halogens is 1. The third-order valence-electron chi connectivity index (χ3n) is 3.83. The Hall–Kier alpha value is -1.99. The van der Waals surface area contributed by atoms with Crippen LogP contribution in [0.3, 0.4) is 0 Å². The van der Waals surface area contributed by atoms with Gasteiger partial charge in [0.2, 0.25) is 0 Å². The van der Waals surface area contributed by atoms with E-state index >= 15 is 0 Å². The number of hydrogen-bond acceptors (Lipinski definition) is 4. The van der Waals surface area contributed by atoms with Crippen molar-refractivity contribution in [1.29, 1.82) is 0 Å². The van der Waals surface area contributed by atoms with E-state index in [9.17, 15) is 14.0 Å². The first kappa shape index (κ1) is 18.4. The summed E-state index contributed by atoms with van der Waals surface area (Å²) in [5.41, 5.74) is 0.800. The lowest BCUT2D eigenvalue weighted by Crippen LogP contribution is -2.48. The highest BCUT2D eigenvalue weighted by Gasteiger charge is 2.22. The number of hydrogen-bond donors (Lipinski definition) is 2. The highest BCUT2D eigenvalue weighted by Crippen LogP contribution is 2.13. The number of nitrogens with one attached hydrogen (secondary N) is 2. The molecule has 2 rings (SSSR count). The van der Waals surface area contributed by atoms with E-state index in [4.69, 9.17) is 4.74 Å². The Balaban J connectivity index is 1.75. The Bertz CT molecular complexity index is 599. The van der Waals surface area contributed by atoms with Crippen molar-refractivity contribution in [2.45, 2.75) is 33.0 Å². The van der Waals surface area contributed by atoms with Crippen molar-refractivity contribution in [3.8, 4) is 0 Å². The van der Waals surface area contributed by atoms with Crippen LogP contribution in [-0.4, -0.2) is 55.1 Å². The number of carbonyl (C=O) groups excluding carboxylic acids is 2. The molecule has 0 aromatic heterocycles. The Morgan fingerprint density at radius 2 is 1.92 bits per heavy atom. The van der Waals surface area contributed by atoms with Gasteiger partial charge in [0.1, 0.15) is 5.82 Å². The highest BCUT2D eigenvalue weighted by atomic mass is 19.1. The summed E-state index contributed by atoms with van der Waals surface area (Å²) in [6, 6.07) is 4.16. The lowest BCUT2D eigenvalue weighted by atomic mass is 10.2. The quantitative estimate of drug-likeness (QED) is 0.813. The van der Waals surface area contributed by atoms with Gasteiger partial charge in [-0.05, 0) is 44.5 Å². The maximum atomic E-state index is 13.2. The van der Waals surface area contributed by atoms with Crippen LogP contribution in [0.4, 0.5) is 10.1 Å². The molecule has 2 atom stereocenters. The molecule has 2 N–H and O–H groups in total. The van der Waals surface area contributed by atoms with E-state index in [1.54, 1.807) is 6.92 Å². The van der Waals surface area contributed by atoms with Gasteiger partial charge in [-0.15, -0.1) is 0 Å². The molecule has 1 heterocycles. The number of rotatable bonds is 4. The number of carbonyl (C=O) groups is 2. The first-order valence-electron chi connectivity index (χ1n) is 8.08. The Morgan fingerprint density at radius 1 is 1.25 bits per heavy atom. The minimum atomic E-state index is -0.760. The predicted molar refractivity (Wildman–Crippen MR) is 89.2 cm³/mol. The largest absolute Gasteiger partial charge is 0.373 e. The van der Waals surface area contributed by atoms with Gasteiger partial charge < -0.3 is 15.4 Å². The van der Waals surface area contributed by atoms with Gasteiger partial charge >= 0.3 is 11.8 Å². The summed E-state index contributed by atoms with van der Waals surface area (Å²) in [6.45, 7) is 8.28. The molecule has 1 aromatic rings. The summed E-state index contributed by atoms with van der Waals surface area (Å²) in [5.74, 6) is -1.82. The number of ether oxygens (including phenoxy) is 1. The molecule has 0 radical (unpaired) electrons. The monoisotopic (exact) mass is 337 g/mol. The fourth-order valence-corrected chi connectivity index (χ4v) is 2.79. The molecule has 1 saturated heterocycles. The lowest BCUT2D eigenvalue weighted by molar-refractivity contribution is -0.136. The minimum Gasteiger partial charge on any atom is -0.373 e. The summed E-state index contributed by atoms with van der Waals surface area (Å²) in [6.07, 6.45) is 0.323. The average molecular weight is 337 g/mol. The molecule has 2 amide bonds. The van der Waals surface area contributed by atoms with E-state index in [0.29, 0.717) is 24.3 Å². The third kappa shape index (κ3) is 5.28. The molecule has 0 spiro atoms. The summed E-state index contributed by atoms with van der Waals surface area (Å²) in [7, 11) is 0. The predicted octanol–water partition coefficient (Wildman–Crippen LogP) is 1.30. The van der Waals surface area contributed by atoms with E-state index < -0.39 is 11.8 Å². The van der Waals surface area contributed by atoms with Crippen molar-refractivity contribution in [3.63, 3.8) is 0 Å². The zero-order chi connectivity index (χ0) is 17.7. The van der Waals surface area contributed by atoms with Crippen LogP contribution in [0.1, 0.15) is 19.4 Å². The molecule has 0 unspecified atom stereocenters. The second-order valence-electron chi connectivity index (χ2n) is 6.19. The smallest absolute Gasteiger partial charge is 0.313 e.